The van der Waals surface area contributed by atoms with E-state index < -0.39 is 75.7 Å². The molecule has 61 heavy (non-hydrogen) atoms. The van der Waals surface area contributed by atoms with Crippen molar-refractivity contribution in [3.63, 3.8) is 0 Å². The average Bonchev–Trinajstić information content (AvgIpc) is 3.24. The van der Waals surface area contributed by atoms with Crippen molar-refractivity contribution in [3.8, 4) is 0 Å². The van der Waals surface area contributed by atoms with Gasteiger partial charge >= 0.3 is 19.8 Å². The molecule has 0 aliphatic heterocycles. The van der Waals surface area contributed by atoms with Gasteiger partial charge in [-0.1, -0.05) is 179 Å². The molecule has 0 aromatic carbocycles. The van der Waals surface area contributed by atoms with Gasteiger partial charge in [0.2, 0.25) is 0 Å². The molecule has 1 aliphatic carbocycles. The molecule has 14 heteroatoms. The van der Waals surface area contributed by atoms with Crippen molar-refractivity contribution < 1.29 is 63.1 Å². The fraction of sp³-hybridized carbons (Fsp3) is 0.830. The van der Waals surface area contributed by atoms with Crippen LogP contribution in [0.5, 0.6) is 0 Å². The highest BCUT2D eigenvalue weighted by atomic mass is 31.2. The lowest BCUT2D eigenvalue weighted by molar-refractivity contribution is -0.220. The summed E-state index contributed by atoms with van der Waals surface area (Å²) in [6.07, 6.45) is 29.3. The first-order chi connectivity index (χ1) is 29.4. The van der Waals surface area contributed by atoms with Crippen LogP contribution in [0, 0.1) is 0 Å². The number of carbonyl (C=O) groups is 2. The molecule has 1 aliphatic rings. The molecule has 1 saturated carbocycles. The van der Waals surface area contributed by atoms with Crippen molar-refractivity contribution in [2.45, 2.75) is 236 Å². The number of aliphatic hydroxyl groups excluding tert-OH is 5. The Labute approximate surface area is 368 Å². The van der Waals surface area contributed by atoms with Crippen molar-refractivity contribution in [3.05, 3.63) is 36.5 Å². The van der Waals surface area contributed by atoms with Gasteiger partial charge in [-0.2, -0.15) is 0 Å². The molecule has 0 spiro atoms. The van der Waals surface area contributed by atoms with Crippen LogP contribution in [0.4, 0.5) is 0 Å². The molecular weight excluding hydrogens is 803 g/mol. The van der Waals surface area contributed by atoms with Crippen LogP contribution in [0.2, 0.25) is 0 Å². The monoisotopic (exact) mass is 889 g/mol. The van der Waals surface area contributed by atoms with Gasteiger partial charge in [0.05, 0.1) is 6.61 Å². The first kappa shape index (κ1) is 57.1. The van der Waals surface area contributed by atoms with Gasteiger partial charge in [0.15, 0.2) is 6.10 Å². The minimum Gasteiger partial charge on any atom is -0.462 e. The second-order valence-electron chi connectivity index (χ2n) is 16.6. The normalized spacial score (nSPS) is 22.3. The standard InChI is InChI=1S/C47H85O13P/c1-3-5-7-9-11-13-15-17-19-20-22-24-26-28-30-32-34-36-41(49)59-39(38-58-61(55,56)60-47-45(53)43(51)42(50)44(52)46(47)54)37-57-40(48)35-33-31-29-27-25-23-21-18-16-14-12-10-8-6-4-2/h19-20,24,26,30,32,39,42-47,50-54H,3-18,21-23,25,27-29,31,33-38H2,1-2H3,(H,55,56)/b20-19-,26-24-,32-30-/t39?,42?,43-,44+,45-,46-,47?/m0/s1. The topological polar surface area (TPSA) is 210 Å². The zero-order chi connectivity index (χ0) is 45.0. The van der Waals surface area contributed by atoms with E-state index in [2.05, 4.69) is 38.2 Å². The van der Waals surface area contributed by atoms with E-state index in [0.29, 0.717) is 19.3 Å². The number of hydrogen-bond acceptors (Lipinski definition) is 12. The van der Waals surface area contributed by atoms with Crippen LogP contribution in [-0.2, 0) is 32.7 Å². The quantitative estimate of drug-likeness (QED) is 0.0147. The fourth-order valence-corrected chi connectivity index (χ4v) is 8.11. The molecule has 6 N–H and O–H groups in total. The largest absolute Gasteiger partial charge is 0.472 e. The summed E-state index contributed by atoms with van der Waals surface area (Å²) in [7, 11) is -5.13. The molecular formula is C47H85O13P. The summed E-state index contributed by atoms with van der Waals surface area (Å²) in [5.41, 5.74) is 0. The van der Waals surface area contributed by atoms with E-state index >= 15 is 0 Å². The average molecular weight is 889 g/mol. The highest BCUT2D eigenvalue weighted by Crippen LogP contribution is 2.47. The first-order valence-corrected chi connectivity index (χ1v) is 25.3. The van der Waals surface area contributed by atoms with Gasteiger partial charge in [-0.25, -0.2) is 4.57 Å². The van der Waals surface area contributed by atoms with Gasteiger partial charge in [0.1, 0.15) is 43.2 Å². The van der Waals surface area contributed by atoms with E-state index in [1.54, 1.807) is 0 Å². The highest BCUT2D eigenvalue weighted by molar-refractivity contribution is 7.47. The zero-order valence-electron chi connectivity index (χ0n) is 37.7. The van der Waals surface area contributed by atoms with Crippen LogP contribution in [0.1, 0.15) is 194 Å². The lowest BCUT2D eigenvalue weighted by Crippen LogP contribution is -2.64. The van der Waals surface area contributed by atoms with Gasteiger partial charge in [-0.05, 0) is 38.5 Å². The molecule has 13 nitrogen and oxygen atoms in total. The van der Waals surface area contributed by atoms with E-state index in [9.17, 15) is 44.6 Å². The second-order valence-corrected chi connectivity index (χ2v) is 18.0. The number of esters is 2. The van der Waals surface area contributed by atoms with Gasteiger partial charge in [-0.3, -0.25) is 18.6 Å². The van der Waals surface area contributed by atoms with E-state index in [0.717, 1.165) is 32.1 Å². The number of ether oxygens (including phenoxy) is 2. The third kappa shape index (κ3) is 30.0. The number of unbranched alkanes of at least 4 members (excludes halogenated alkanes) is 21. The number of phosphoric ester groups is 1. The minimum atomic E-state index is -5.13. The van der Waals surface area contributed by atoms with Crippen LogP contribution in [-0.4, -0.2) is 98.3 Å². The lowest BCUT2D eigenvalue weighted by atomic mass is 9.85. The van der Waals surface area contributed by atoms with E-state index in [4.69, 9.17) is 18.5 Å². The summed E-state index contributed by atoms with van der Waals surface area (Å²) in [6, 6.07) is 0. The molecule has 0 radical (unpaired) electrons. The first-order valence-electron chi connectivity index (χ1n) is 23.8. The Bertz CT molecular complexity index is 1210. The summed E-state index contributed by atoms with van der Waals surface area (Å²) in [5.74, 6) is -1.18. The van der Waals surface area contributed by atoms with Gasteiger partial charge in [0, 0.05) is 12.8 Å². The van der Waals surface area contributed by atoms with Crippen LogP contribution in [0.15, 0.2) is 36.5 Å². The molecule has 0 aromatic rings. The fourth-order valence-electron chi connectivity index (χ4n) is 7.14. The van der Waals surface area contributed by atoms with E-state index in [1.165, 1.54) is 116 Å². The maximum absolute atomic E-state index is 12.8. The van der Waals surface area contributed by atoms with Crippen molar-refractivity contribution >= 4 is 19.8 Å². The van der Waals surface area contributed by atoms with Crippen molar-refractivity contribution in [1.82, 2.24) is 0 Å². The number of carbonyl (C=O) groups excluding carboxylic acids is 2. The molecule has 1 fully saturated rings. The van der Waals surface area contributed by atoms with Crippen molar-refractivity contribution in [1.29, 1.82) is 0 Å². The summed E-state index contributed by atoms with van der Waals surface area (Å²) in [6.45, 7) is 3.25. The second kappa shape index (κ2) is 37.4. The Kier molecular flexibility index (Phi) is 35.0. The molecule has 0 amide bonds. The molecule has 1 rings (SSSR count). The number of aliphatic hydroxyl groups is 5. The Hall–Kier alpha value is -1.93. The van der Waals surface area contributed by atoms with Crippen LogP contribution in [0.25, 0.3) is 0 Å². The molecule has 0 heterocycles. The van der Waals surface area contributed by atoms with Crippen LogP contribution < -0.4 is 0 Å². The molecule has 8 atom stereocenters. The SMILES string of the molecule is CCCCCCCCC/C=C\C/C=C\C/C=C\CCC(=O)OC(COC(=O)CCCCCCCCCCCCCCCCC)COP(=O)(O)OC1[C@@H](O)[C@H](O)C(O)[C@H](O)[C@@H]1O. The Morgan fingerprint density at radius 3 is 1.41 bits per heavy atom. The predicted octanol–water partition coefficient (Wildman–Crippen LogP) is 9.39. The Balaban J connectivity index is 2.49. The number of phosphoric acid groups is 1. The minimum absolute atomic E-state index is 0.0169. The summed E-state index contributed by atoms with van der Waals surface area (Å²) in [5, 5.41) is 50.1. The van der Waals surface area contributed by atoms with Gasteiger partial charge < -0.3 is 39.9 Å². The zero-order valence-corrected chi connectivity index (χ0v) is 38.6. The van der Waals surface area contributed by atoms with E-state index in [1.807, 2.05) is 12.2 Å². The Morgan fingerprint density at radius 1 is 0.508 bits per heavy atom. The maximum Gasteiger partial charge on any atom is 0.472 e. The highest BCUT2D eigenvalue weighted by Gasteiger charge is 2.51. The molecule has 0 aromatic heterocycles. The van der Waals surface area contributed by atoms with Crippen LogP contribution >= 0.6 is 7.82 Å². The molecule has 0 bridgehead atoms. The van der Waals surface area contributed by atoms with Gasteiger partial charge in [0.25, 0.3) is 0 Å². The summed E-state index contributed by atoms with van der Waals surface area (Å²) < 4.78 is 33.5. The smallest absolute Gasteiger partial charge is 0.462 e. The predicted molar refractivity (Wildman–Crippen MR) is 240 cm³/mol. The molecule has 0 saturated heterocycles. The third-order valence-corrected chi connectivity index (χ3v) is 12.0. The number of allylic oxidation sites excluding steroid dienone is 6. The van der Waals surface area contributed by atoms with Gasteiger partial charge in [-0.15, -0.1) is 0 Å². The van der Waals surface area contributed by atoms with Crippen LogP contribution in [0.3, 0.4) is 0 Å². The van der Waals surface area contributed by atoms with Crippen molar-refractivity contribution in [2.24, 2.45) is 0 Å². The maximum atomic E-state index is 12.8. The molecule has 356 valence electrons. The number of hydrogen-bond donors (Lipinski definition) is 6. The Morgan fingerprint density at radius 2 is 0.918 bits per heavy atom. The number of rotatable bonds is 39. The van der Waals surface area contributed by atoms with Crippen molar-refractivity contribution in [2.75, 3.05) is 13.2 Å². The lowest BCUT2D eigenvalue weighted by Gasteiger charge is -2.41. The summed E-state index contributed by atoms with van der Waals surface area (Å²) in [4.78, 5) is 35.7. The summed E-state index contributed by atoms with van der Waals surface area (Å²) >= 11 is 0. The van der Waals surface area contributed by atoms with E-state index in [-0.39, 0.29) is 12.8 Å². The third-order valence-electron chi connectivity index (χ3n) is 11.0. The molecule has 4 unspecified atom stereocenters.